The Hall–Kier alpha value is -2.37. The number of amides is 1. The smallest absolute Gasteiger partial charge is 0.257 e. The van der Waals surface area contributed by atoms with Gasteiger partial charge < -0.3 is 4.74 Å². The molecule has 1 heterocycles. The molecule has 0 atom stereocenters. The molecule has 1 aromatic heterocycles. The number of aromatic nitrogens is 1. The molecule has 1 amide bonds. The molecule has 0 aliphatic heterocycles. The quantitative estimate of drug-likeness (QED) is 0.680. The predicted molar refractivity (Wildman–Crippen MR) is 106 cm³/mol. The monoisotopic (exact) mass is 384 g/mol. The van der Waals surface area contributed by atoms with E-state index in [9.17, 15) is 4.79 Å². The van der Waals surface area contributed by atoms with Crippen LogP contribution in [0, 0.1) is 6.92 Å². The summed E-state index contributed by atoms with van der Waals surface area (Å²) in [5.74, 6) is 0.696. The maximum absolute atomic E-state index is 12.4. The lowest BCUT2D eigenvalue weighted by Crippen LogP contribution is -2.11. The van der Waals surface area contributed by atoms with Crippen molar-refractivity contribution < 1.29 is 9.53 Å². The molecule has 0 fully saturated rings. The van der Waals surface area contributed by atoms with Gasteiger partial charge in [-0.25, -0.2) is 4.98 Å². The zero-order valence-corrected chi connectivity index (χ0v) is 16.0. The van der Waals surface area contributed by atoms with Crippen LogP contribution in [0.3, 0.4) is 0 Å². The summed E-state index contributed by atoms with van der Waals surface area (Å²) in [6, 6.07) is 11.1. The Morgan fingerprint density at radius 3 is 2.88 bits per heavy atom. The number of ether oxygens (including phenoxy) is 1. The standard InChI is InChI=1S/C20H17ClN2O2S/c1-11-8-15-12(10-16(11)25-2)6-7-17-18(15)22-20(26-17)23-19(24)13-4-3-5-14(21)9-13/h3-5,8-10H,6-7H2,1-2H3,(H,22,23,24). The number of rotatable bonds is 3. The molecule has 2 aromatic carbocycles. The molecular weight excluding hydrogens is 368 g/mol. The molecule has 132 valence electrons. The molecule has 0 bridgehead atoms. The third-order valence-corrected chi connectivity index (χ3v) is 5.77. The van der Waals surface area contributed by atoms with Crippen LogP contribution in [-0.2, 0) is 12.8 Å². The third kappa shape index (κ3) is 3.08. The summed E-state index contributed by atoms with van der Waals surface area (Å²) < 4.78 is 5.43. The number of fused-ring (bicyclic) bond motifs is 3. The number of carbonyl (C=O) groups excluding carboxylic acids is 1. The SMILES string of the molecule is COc1cc2c(cc1C)-c1nc(NC(=O)c3cccc(Cl)c3)sc1CC2. The molecule has 4 rings (SSSR count). The predicted octanol–water partition coefficient (Wildman–Crippen LogP) is 5.13. The van der Waals surface area contributed by atoms with Gasteiger partial charge in [-0.05, 0) is 61.2 Å². The van der Waals surface area contributed by atoms with Gasteiger partial charge in [0.25, 0.3) is 5.91 Å². The largest absolute Gasteiger partial charge is 0.496 e. The average molecular weight is 385 g/mol. The molecule has 3 aromatic rings. The van der Waals surface area contributed by atoms with Crippen molar-refractivity contribution in [2.75, 3.05) is 12.4 Å². The van der Waals surface area contributed by atoms with E-state index in [1.807, 2.05) is 6.92 Å². The first-order chi connectivity index (χ1) is 12.5. The summed E-state index contributed by atoms with van der Waals surface area (Å²) in [5.41, 5.74) is 4.92. The van der Waals surface area contributed by atoms with E-state index in [4.69, 9.17) is 16.3 Å². The van der Waals surface area contributed by atoms with E-state index in [2.05, 4.69) is 22.4 Å². The Balaban J connectivity index is 1.65. The topological polar surface area (TPSA) is 51.2 Å². The Morgan fingerprint density at radius 1 is 1.27 bits per heavy atom. The molecule has 1 aliphatic rings. The van der Waals surface area contributed by atoms with E-state index >= 15 is 0 Å². The number of hydrogen-bond acceptors (Lipinski definition) is 4. The van der Waals surface area contributed by atoms with E-state index < -0.39 is 0 Å². The molecular formula is C20H17ClN2O2S. The molecule has 0 saturated heterocycles. The average Bonchev–Trinajstić information content (AvgIpc) is 3.04. The lowest BCUT2D eigenvalue weighted by molar-refractivity contribution is 0.102. The van der Waals surface area contributed by atoms with Gasteiger partial charge in [-0.3, -0.25) is 10.1 Å². The fourth-order valence-corrected chi connectivity index (χ4v) is 4.37. The van der Waals surface area contributed by atoms with E-state index in [-0.39, 0.29) is 5.91 Å². The number of benzene rings is 2. The van der Waals surface area contributed by atoms with Gasteiger partial charge in [0.1, 0.15) is 5.75 Å². The van der Waals surface area contributed by atoms with Gasteiger partial charge in [-0.15, -0.1) is 11.3 Å². The Labute approximate surface area is 160 Å². The Morgan fingerprint density at radius 2 is 2.12 bits per heavy atom. The molecule has 1 aliphatic carbocycles. The molecule has 4 nitrogen and oxygen atoms in total. The maximum Gasteiger partial charge on any atom is 0.257 e. The second kappa shape index (κ2) is 6.74. The number of nitrogens with zero attached hydrogens (tertiary/aromatic N) is 1. The van der Waals surface area contributed by atoms with Gasteiger partial charge in [0.15, 0.2) is 5.13 Å². The molecule has 0 saturated carbocycles. The van der Waals surface area contributed by atoms with E-state index in [0.29, 0.717) is 15.7 Å². The zero-order chi connectivity index (χ0) is 18.3. The van der Waals surface area contributed by atoms with Gasteiger partial charge in [0.05, 0.1) is 12.8 Å². The lowest BCUT2D eigenvalue weighted by Gasteiger charge is -2.17. The van der Waals surface area contributed by atoms with Gasteiger partial charge in [-0.1, -0.05) is 17.7 Å². The van der Waals surface area contributed by atoms with Crippen molar-refractivity contribution >= 4 is 34.0 Å². The van der Waals surface area contributed by atoms with E-state index in [1.54, 1.807) is 31.4 Å². The zero-order valence-electron chi connectivity index (χ0n) is 14.4. The first-order valence-electron chi connectivity index (χ1n) is 8.29. The first-order valence-corrected chi connectivity index (χ1v) is 9.49. The van der Waals surface area contributed by atoms with Crippen LogP contribution in [-0.4, -0.2) is 18.0 Å². The van der Waals surface area contributed by atoms with Crippen LogP contribution in [0.2, 0.25) is 5.02 Å². The Bertz CT molecular complexity index is 1010. The number of hydrogen-bond donors (Lipinski definition) is 1. The molecule has 0 unspecified atom stereocenters. The molecule has 1 N–H and O–H groups in total. The summed E-state index contributed by atoms with van der Waals surface area (Å²) in [4.78, 5) is 18.3. The normalized spacial score (nSPS) is 12.3. The van der Waals surface area contributed by atoms with Gasteiger partial charge in [-0.2, -0.15) is 0 Å². The summed E-state index contributed by atoms with van der Waals surface area (Å²) in [6.45, 7) is 2.03. The lowest BCUT2D eigenvalue weighted by atomic mass is 9.91. The van der Waals surface area contributed by atoms with Crippen LogP contribution in [0.1, 0.15) is 26.4 Å². The van der Waals surface area contributed by atoms with Crippen molar-refractivity contribution in [3.63, 3.8) is 0 Å². The van der Waals surface area contributed by atoms with Gasteiger partial charge in [0.2, 0.25) is 0 Å². The number of nitrogens with one attached hydrogen (secondary N) is 1. The van der Waals surface area contributed by atoms with Crippen LogP contribution in [0.4, 0.5) is 5.13 Å². The highest BCUT2D eigenvalue weighted by molar-refractivity contribution is 7.16. The third-order valence-electron chi connectivity index (χ3n) is 4.50. The minimum Gasteiger partial charge on any atom is -0.496 e. The fourth-order valence-electron chi connectivity index (χ4n) is 3.21. The Kier molecular flexibility index (Phi) is 4.42. The van der Waals surface area contributed by atoms with Crippen molar-refractivity contribution in [2.45, 2.75) is 19.8 Å². The number of carbonyl (C=O) groups is 1. The molecule has 26 heavy (non-hydrogen) atoms. The highest BCUT2D eigenvalue weighted by atomic mass is 35.5. The fraction of sp³-hybridized carbons (Fsp3) is 0.200. The van der Waals surface area contributed by atoms with Crippen molar-refractivity contribution in [2.24, 2.45) is 0 Å². The second-order valence-corrected chi connectivity index (χ2v) is 7.75. The van der Waals surface area contributed by atoms with Crippen molar-refractivity contribution in [1.29, 1.82) is 0 Å². The number of anilines is 1. The van der Waals surface area contributed by atoms with Crippen LogP contribution >= 0.6 is 22.9 Å². The second-order valence-electron chi connectivity index (χ2n) is 6.23. The highest BCUT2D eigenvalue weighted by Gasteiger charge is 2.23. The summed E-state index contributed by atoms with van der Waals surface area (Å²) in [7, 11) is 1.69. The maximum atomic E-state index is 12.4. The number of methoxy groups -OCH3 is 1. The molecule has 6 heteroatoms. The minimum atomic E-state index is -0.204. The molecule has 0 radical (unpaired) electrons. The minimum absolute atomic E-state index is 0.204. The van der Waals surface area contributed by atoms with Crippen LogP contribution in [0.25, 0.3) is 11.3 Å². The first kappa shape index (κ1) is 17.1. The van der Waals surface area contributed by atoms with Crippen LogP contribution in [0.5, 0.6) is 5.75 Å². The van der Waals surface area contributed by atoms with Crippen LogP contribution < -0.4 is 10.1 Å². The van der Waals surface area contributed by atoms with E-state index in [1.165, 1.54) is 21.8 Å². The van der Waals surface area contributed by atoms with Gasteiger partial charge in [0, 0.05) is 21.0 Å². The van der Waals surface area contributed by atoms with Crippen LogP contribution in [0.15, 0.2) is 36.4 Å². The molecule has 0 spiro atoms. The van der Waals surface area contributed by atoms with Gasteiger partial charge >= 0.3 is 0 Å². The summed E-state index contributed by atoms with van der Waals surface area (Å²) in [6.07, 6.45) is 1.86. The highest BCUT2D eigenvalue weighted by Crippen LogP contribution is 2.40. The van der Waals surface area contributed by atoms with Crippen molar-refractivity contribution in [3.05, 3.63) is 63.0 Å². The summed E-state index contributed by atoms with van der Waals surface area (Å²) >= 11 is 7.50. The number of halogens is 1. The summed E-state index contributed by atoms with van der Waals surface area (Å²) in [5, 5.41) is 4.04. The van der Waals surface area contributed by atoms with Crippen molar-refractivity contribution in [1.82, 2.24) is 4.98 Å². The van der Waals surface area contributed by atoms with E-state index in [0.717, 1.165) is 35.4 Å². The van der Waals surface area contributed by atoms with Crippen molar-refractivity contribution in [3.8, 4) is 17.0 Å². The number of aryl methyl sites for hydroxylation is 3. The number of thiazole rings is 1.